The number of aryl methyl sites for hydroxylation is 1. The largest absolute Gasteiger partial charge is 0.443 e. The van der Waals surface area contributed by atoms with Crippen molar-refractivity contribution in [1.82, 2.24) is 4.57 Å². The van der Waals surface area contributed by atoms with Crippen LogP contribution in [0.25, 0.3) is 0 Å². The molecule has 0 aliphatic rings. The Morgan fingerprint density at radius 2 is 1.91 bits per heavy atom. The summed E-state index contributed by atoms with van der Waals surface area (Å²) in [6, 6.07) is 4.32. The fraction of sp³-hybridized carbons (Fsp3) is 0.478. The van der Waals surface area contributed by atoms with Gasteiger partial charge < -0.3 is 15.8 Å². The number of hydrogen-bond donors (Lipinski definition) is 2. The molecule has 2 amide bonds. The van der Waals surface area contributed by atoms with Crippen LogP contribution >= 0.6 is 23.7 Å². The Balaban J connectivity index is 0.00000544. The minimum Gasteiger partial charge on any atom is -0.443 e. The minimum atomic E-state index is -0.707. The lowest BCUT2D eigenvalue weighted by molar-refractivity contribution is -0.150. The maximum atomic E-state index is 12.7. The van der Waals surface area contributed by atoms with Gasteiger partial charge in [-0.2, -0.15) is 4.99 Å². The van der Waals surface area contributed by atoms with E-state index in [1.165, 1.54) is 11.3 Å². The lowest BCUT2D eigenvalue weighted by atomic mass is 9.92. The second-order valence-corrected chi connectivity index (χ2v) is 10.1. The maximum absolute atomic E-state index is 12.7. The molecular formula is C23H33ClN4O4S. The third kappa shape index (κ3) is 8.75. The predicted molar refractivity (Wildman–Crippen MR) is 132 cm³/mol. The summed E-state index contributed by atoms with van der Waals surface area (Å²) in [4.78, 5) is 41.4. The van der Waals surface area contributed by atoms with Crippen LogP contribution < -0.4 is 15.9 Å². The molecule has 2 rings (SSSR count). The summed E-state index contributed by atoms with van der Waals surface area (Å²) in [7, 11) is 0. The van der Waals surface area contributed by atoms with Gasteiger partial charge in [-0.05, 0) is 42.0 Å². The predicted octanol–water partition coefficient (Wildman–Crippen LogP) is 3.88. The summed E-state index contributed by atoms with van der Waals surface area (Å²) < 4.78 is 6.81. The lowest BCUT2D eigenvalue weighted by Crippen LogP contribution is -2.37. The third-order valence-corrected chi connectivity index (χ3v) is 5.43. The Morgan fingerprint density at radius 3 is 2.48 bits per heavy atom. The molecule has 1 atom stereocenters. The molecule has 0 spiro atoms. The molecule has 182 valence electrons. The number of anilines is 1. The number of hydrogen-bond acceptors (Lipinski definition) is 6. The number of aromatic nitrogens is 1. The zero-order valence-electron chi connectivity index (χ0n) is 19.9. The number of benzene rings is 1. The fourth-order valence-electron chi connectivity index (χ4n) is 2.75. The van der Waals surface area contributed by atoms with E-state index in [-0.39, 0.29) is 36.4 Å². The van der Waals surface area contributed by atoms with Crippen LogP contribution in [0.4, 0.5) is 5.69 Å². The Labute approximate surface area is 204 Å². The van der Waals surface area contributed by atoms with Crippen LogP contribution in [0.15, 0.2) is 34.8 Å². The van der Waals surface area contributed by atoms with Crippen molar-refractivity contribution in [2.24, 2.45) is 22.1 Å². The maximum Gasteiger partial charge on any atom is 0.324 e. The number of esters is 1. The van der Waals surface area contributed by atoms with Gasteiger partial charge in [0.15, 0.2) is 11.5 Å². The first-order chi connectivity index (χ1) is 14.9. The van der Waals surface area contributed by atoms with Crippen molar-refractivity contribution in [3.63, 3.8) is 0 Å². The zero-order valence-corrected chi connectivity index (χ0v) is 21.5. The number of halogens is 1. The number of nitrogens with zero attached hydrogens (tertiary/aromatic N) is 2. The fourth-order valence-corrected chi connectivity index (χ4v) is 3.47. The van der Waals surface area contributed by atoms with E-state index < -0.39 is 17.9 Å². The molecule has 1 aromatic heterocycles. The van der Waals surface area contributed by atoms with Crippen LogP contribution in [0.5, 0.6) is 0 Å². The van der Waals surface area contributed by atoms with E-state index in [4.69, 9.17) is 10.5 Å². The van der Waals surface area contributed by atoms with Crippen molar-refractivity contribution >= 4 is 47.2 Å². The molecule has 0 bridgehead atoms. The van der Waals surface area contributed by atoms with E-state index in [1.807, 2.05) is 41.5 Å². The Morgan fingerprint density at radius 1 is 1.24 bits per heavy atom. The molecule has 0 saturated carbocycles. The van der Waals surface area contributed by atoms with Crippen molar-refractivity contribution in [3.05, 3.63) is 45.7 Å². The van der Waals surface area contributed by atoms with Crippen molar-refractivity contribution in [1.29, 1.82) is 0 Å². The number of nitrogens with one attached hydrogen (secondary N) is 1. The molecule has 3 N–H and O–H groups in total. The second kappa shape index (κ2) is 12.1. The standard InChI is InChI=1S/C23H32N4O4S.ClH/c1-14(2)19(24)21(30)31-13-27-9-10-32-22(27)26-20(29)16-7-8-17(15(3)11-16)25-18(28)12-23(4,5)6;/h7-11,14,19H,12-13,24H2,1-6H3,(H,25,28);1H/b26-22-;/t19-;/m0./s1. The van der Waals surface area contributed by atoms with Crippen molar-refractivity contribution < 1.29 is 19.1 Å². The highest BCUT2D eigenvalue weighted by atomic mass is 35.5. The number of thiazole rings is 1. The number of amides is 2. The molecule has 33 heavy (non-hydrogen) atoms. The first-order valence-corrected chi connectivity index (χ1v) is 11.3. The molecule has 1 heterocycles. The first kappa shape index (κ1) is 28.5. The van der Waals surface area contributed by atoms with Gasteiger partial charge in [-0.1, -0.05) is 34.6 Å². The van der Waals surface area contributed by atoms with Crippen LogP contribution in [0.1, 0.15) is 57.0 Å². The summed E-state index contributed by atoms with van der Waals surface area (Å²) in [5, 5.41) is 4.64. The van der Waals surface area contributed by atoms with Gasteiger partial charge in [-0.25, -0.2) is 0 Å². The molecule has 0 radical (unpaired) electrons. The number of carbonyl (C=O) groups excluding carboxylic acids is 3. The molecule has 0 saturated heterocycles. The molecule has 0 aliphatic carbocycles. The number of rotatable bonds is 7. The normalized spacial score (nSPS) is 12.8. The highest BCUT2D eigenvalue weighted by Crippen LogP contribution is 2.22. The molecular weight excluding hydrogens is 464 g/mol. The highest BCUT2D eigenvalue weighted by molar-refractivity contribution is 7.07. The molecule has 8 nitrogen and oxygen atoms in total. The Hall–Kier alpha value is -2.49. The summed E-state index contributed by atoms with van der Waals surface area (Å²) in [6.07, 6.45) is 2.08. The van der Waals surface area contributed by atoms with Crippen molar-refractivity contribution in [3.8, 4) is 0 Å². The quantitative estimate of drug-likeness (QED) is 0.564. The minimum absolute atomic E-state index is 0. The van der Waals surface area contributed by atoms with Gasteiger partial charge >= 0.3 is 5.97 Å². The van der Waals surface area contributed by atoms with Gasteiger partial charge in [-0.3, -0.25) is 19.0 Å². The lowest BCUT2D eigenvalue weighted by Gasteiger charge is -2.18. The number of nitrogens with two attached hydrogens (primary N) is 1. The van der Waals surface area contributed by atoms with E-state index in [2.05, 4.69) is 10.3 Å². The van der Waals surface area contributed by atoms with E-state index >= 15 is 0 Å². The summed E-state index contributed by atoms with van der Waals surface area (Å²) in [5.74, 6) is -1.04. The summed E-state index contributed by atoms with van der Waals surface area (Å²) >= 11 is 1.26. The van der Waals surface area contributed by atoms with Gasteiger partial charge in [0.2, 0.25) is 5.91 Å². The van der Waals surface area contributed by atoms with Crippen LogP contribution in [-0.2, 0) is 21.1 Å². The van der Waals surface area contributed by atoms with Crippen molar-refractivity contribution in [2.75, 3.05) is 5.32 Å². The topological polar surface area (TPSA) is 116 Å². The summed E-state index contributed by atoms with van der Waals surface area (Å²) in [5.41, 5.74) is 7.51. The van der Waals surface area contributed by atoms with Crippen LogP contribution in [0, 0.1) is 18.3 Å². The molecule has 10 heteroatoms. The van der Waals surface area contributed by atoms with Crippen LogP contribution in [0.3, 0.4) is 0 Å². The third-order valence-electron chi connectivity index (χ3n) is 4.63. The van der Waals surface area contributed by atoms with Crippen molar-refractivity contribution in [2.45, 2.75) is 60.7 Å². The second-order valence-electron chi connectivity index (χ2n) is 9.25. The average Bonchev–Trinajstić information content (AvgIpc) is 3.12. The first-order valence-electron chi connectivity index (χ1n) is 10.4. The molecule has 0 unspecified atom stereocenters. The van der Waals surface area contributed by atoms with Gasteiger partial charge in [0.1, 0.15) is 6.04 Å². The van der Waals surface area contributed by atoms with E-state index in [0.717, 1.165) is 5.56 Å². The zero-order chi connectivity index (χ0) is 24.1. The molecule has 1 aromatic carbocycles. The van der Waals surface area contributed by atoms with Gasteiger partial charge in [-0.15, -0.1) is 23.7 Å². The smallest absolute Gasteiger partial charge is 0.324 e. The Bertz CT molecular complexity index is 1050. The Kier molecular flexibility index (Phi) is 10.5. The summed E-state index contributed by atoms with van der Waals surface area (Å²) in [6.45, 7) is 11.4. The highest BCUT2D eigenvalue weighted by Gasteiger charge is 2.19. The van der Waals surface area contributed by atoms with Crippen LogP contribution in [0.2, 0.25) is 0 Å². The van der Waals surface area contributed by atoms with Gasteiger partial charge in [0, 0.05) is 29.2 Å². The van der Waals surface area contributed by atoms with Gasteiger partial charge in [0.05, 0.1) is 0 Å². The molecule has 0 aliphatic heterocycles. The average molecular weight is 497 g/mol. The van der Waals surface area contributed by atoms with E-state index in [9.17, 15) is 14.4 Å². The van der Waals surface area contributed by atoms with Crippen LogP contribution in [-0.4, -0.2) is 28.4 Å². The molecule has 2 aromatic rings. The number of carbonyl (C=O) groups is 3. The molecule has 0 fully saturated rings. The van der Waals surface area contributed by atoms with E-state index in [1.54, 1.807) is 34.3 Å². The number of ether oxygens (including phenoxy) is 1. The van der Waals surface area contributed by atoms with E-state index in [0.29, 0.717) is 22.5 Å². The SMILES string of the molecule is Cc1cc(C(=O)/N=c2\sccn2COC(=O)[C@@H](N)C(C)C)ccc1NC(=O)CC(C)(C)C.Cl. The van der Waals surface area contributed by atoms with Gasteiger partial charge in [0.25, 0.3) is 5.91 Å². The monoisotopic (exact) mass is 496 g/mol.